The van der Waals surface area contributed by atoms with Gasteiger partial charge in [0.1, 0.15) is 11.6 Å². The van der Waals surface area contributed by atoms with Gasteiger partial charge in [-0.05, 0) is 57.1 Å². The van der Waals surface area contributed by atoms with Crippen molar-refractivity contribution in [3.63, 3.8) is 0 Å². The number of aliphatic hydroxyl groups is 1. The summed E-state index contributed by atoms with van der Waals surface area (Å²) >= 11 is 0. The molecule has 0 radical (unpaired) electrons. The predicted octanol–water partition coefficient (Wildman–Crippen LogP) is 3.96. The van der Waals surface area contributed by atoms with Crippen LogP contribution >= 0.6 is 0 Å². The topological polar surface area (TPSA) is 125 Å². The fraction of sp³-hybridized carbons (Fsp3) is 0.483. The lowest BCUT2D eigenvalue weighted by Crippen LogP contribution is -2.50. The van der Waals surface area contributed by atoms with Gasteiger partial charge in [-0.1, -0.05) is 74.5 Å². The van der Waals surface area contributed by atoms with E-state index in [1.54, 1.807) is 34.6 Å². The van der Waals surface area contributed by atoms with Crippen LogP contribution in [0.15, 0.2) is 60.7 Å². The van der Waals surface area contributed by atoms with E-state index in [2.05, 4.69) is 10.6 Å². The number of carboxylic acid groups (broad SMARTS) is 1. The van der Waals surface area contributed by atoms with Crippen LogP contribution in [0.25, 0.3) is 0 Å². The molecular weight excluding hydrogens is 472 g/mol. The first-order valence-electron chi connectivity index (χ1n) is 12.6. The maximum Gasteiger partial charge on any atom is 0.407 e. The summed E-state index contributed by atoms with van der Waals surface area (Å²) in [5.41, 5.74) is 1.06. The lowest BCUT2D eigenvalue weighted by molar-refractivity contribution is -0.144. The molecule has 2 rings (SSSR count). The molecule has 4 atom stereocenters. The minimum absolute atomic E-state index is 0.0124. The second kappa shape index (κ2) is 13.8. The van der Waals surface area contributed by atoms with Crippen molar-refractivity contribution in [1.82, 2.24) is 10.6 Å². The van der Waals surface area contributed by atoms with Gasteiger partial charge in [-0.2, -0.15) is 0 Å². The molecule has 202 valence electrons. The van der Waals surface area contributed by atoms with Crippen LogP contribution in [0, 0.1) is 11.8 Å². The summed E-state index contributed by atoms with van der Waals surface area (Å²) in [6, 6.07) is 17.0. The Bertz CT molecular complexity index is 1000. The standard InChI is InChI=1S/C29H40N2O6/c1-19(2)25(27(34)35)31-26(33)22(16-20-12-8-6-9-13-20)18-24(32)23(17-21-14-10-7-11-15-21)30-28(36)37-29(3,4)5/h6-15,19,22-25,32H,16-18H2,1-5H3,(H,30,36)(H,31,33)(H,34,35). The predicted molar refractivity (Wildman–Crippen MR) is 142 cm³/mol. The highest BCUT2D eigenvalue weighted by Gasteiger charge is 2.32. The molecule has 0 aliphatic carbocycles. The van der Waals surface area contributed by atoms with Gasteiger partial charge in [0.15, 0.2) is 0 Å². The number of carbonyl (C=O) groups excluding carboxylic acids is 2. The normalized spacial score (nSPS) is 14.8. The Balaban J connectivity index is 2.28. The Morgan fingerprint density at radius 1 is 0.865 bits per heavy atom. The second-order valence-corrected chi connectivity index (χ2v) is 10.7. The smallest absolute Gasteiger partial charge is 0.407 e. The van der Waals surface area contributed by atoms with Crippen molar-refractivity contribution in [2.45, 2.75) is 77.7 Å². The number of hydrogen-bond donors (Lipinski definition) is 4. The van der Waals surface area contributed by atoms with E-state index in [4.69, 9.17) is 4.74 Å². The van der Waals surface area contributed by atoms with Gasteiger partial charge in [-0.15, -0.1) is 0 Å². The molecule has 8 nitrogen and oxygen atoms in total. The minimum Gasteiger partial charge on any atom is -0.480 e. The Hall–Kier alpha value is -3.39. The van der Waals surface area contributed by atoms with Gasteiger partial charge >= 0.3 is 12.1 Å². The maximum absolute atomic E-state index is 13.3. The van der Waals surface area contributed by atoms with E-state index >= 15 is 0 Å². The number of aliphatic carboxylic acids is 1. The van der Waals surface area contributed by atoms with Gasteiger partial charge in [-0.3, -0.25) is 4.79 Å². The van der Waals surface area contributed by atoms with Gasteiger partial charge in [0.05, 0.1) is 12.1 Å². The molecule has 0 saturated carbocycles. The van der Waals surface area contributed by atoms with E-state index in [0.717, 1.165) is 11.1 Å². The summed E-state index contributed by atoms with van der Waals surface area (Å²) in [7, 11) is 0. The Labute approximate surface area is 219 Å². The van der Waals surface area contributed by atoms with E-state index in [1.807, 2.05) is 60.7 Å². The summed E-state index contributed by atoms with van der Waals surface area (Å²) in [6.45, 7) is 8.70. The average molecular weight is 513 g/mol. The van der Waals surface area contributed by atoms with E-state index in [-0.39, 0.29) is 12.3 Å². The Morgan fingerprint density at radius 3 is 1.84 bits per heavy atom. The number of hydrogen-bond acceptors (Lipinski definition) is 5. The first kappa shape index (κ1) is 29.8. The zero-order valence-electron chi connectivity index (χ0n) is 22.3. The highest BCUT2D eigenvalue weighted by Crippen LogP contribution is 2.20. The molecule has 8 heteroatoms. The van der Waals surface area contributed by atoms with Crippen LogP contribution in [0.4, 0.5) is 4.79 Å². The van der Waals surface area contributed by atoms with Gasteiger partial charge < -0.3 is 25.6 Å². The number of aliphatic hydroxyl groups excluding tert-OH is 1. The maximum atomic E-state index is 13.3. The molecule has 0 aliphatic rings. The third-order valence-electron chi connectivity index (χ3n) is 5.92. The number of rotatable bonds is 12. The van der Waals surface area contributed by atoms with E-state index < -0.39 is 47.7 Å². The summed E-state index contributed by atoms with van der Waals surface area (Å²) in [5.74, 6) is -2.62. The molecule has 2 amide bonds. The largest absolute Gasteiger partial charge is 0.480 e. The number of alkyl carbamates (subject to hydrolysis) is 1. The highest BCUT2D eigenvalue weighted by atomic mass is 16.6. The second-order valence-electron chi connectivity index (χ2n) is 10.7. The van der Waals surface area contributed by atoms with Gasteiger partial charge in [0, 0.05) is 5.92 Å². The molecule has 0 heterocycles. The van der Waals surface area contributed by atoms with Crippen LogP contribution in [0.5, 0.6) is 0 Å². The molecule has 2 aromatic carbocycles. The monoisotopic (exact) mass is 512 g/mol. The van der Waals surface area contributed by atoms with Crippen LogP contribution in [0.1, 0.15) is 52.2 Å². The SMILES string of the molecule is CC(C)C(NC(=O)C(Cc1ccccc1)CC(O)C(Cc1ccccc1)NC(=O)OC(C)(C)C)C(=O)O. The van der Waals surface area contributed by atoms with Crippen molar-refractivity contribution in [2.24, 2.45) is 11.8 Å². The number of benzene rings is 2. The first-order valence-corrected chi connectivity index (χ1v) is 12.6. The van der Waals surface area contributed by atoms with Crippen LogP contribution in [-0.4, -0.2) is 52.0 Å². The lowest BCUT2D eigenvalue weighted by atomic mass is 9.88. The number of carboxylic acids is 1. The van der Waals surface area contributed by atoms with Crippen molar-refractivity contribution >= 4 is 18.0 Å². The van der Waals surface area contributed by atoms with Crippen LogP contribution in [0.2, 0.25) is 0 Å². The quantitative estimate of drug-likeness (QED) is 0.341. The van der Waals surface area contributed by atoms with Crippen molar-refractivity contribution in [2.75, 3.05) is 0 Å². The van der Waals surface area contributed by atoms with Crippen molar-refractivity contribution < 1.29 is 29.3 Å². The third-order valence-corrected chi connectivity index (χ3v) is 5.92. The zero-order valence-corrected chi connectivity index (χ0v) is 22.3. The summed E-state index contributed by atoms with van der Waals surface area (Å²) in [4.78, 5) is 37.6. The Morgan fingerprint density at radius 2 is 1.38 bits per heavy atom. The van der Waals surface area contributed by atoms with Gasteiger partial charge in [0.2, 0.25) is 5.91 Å². The van der Waals surface area contributed by atoms with Crippen LogP contribution < -0.4 is 10.6 Å². The third kappa shape index (κ3) is 10.6. The highest BCUT2D eigenvalue weighted by molar-refractivity contribution is 5.85. The van der Waals surface area contributed by atoms with Crippen molar-refractivity contribution in [3.8, 4) is 0 Å². The van der Waals surface area contributed by atoms with E-state index in [0.29, 0.717) is 12.8 Å². The van der Waals surface area contributed by atoms with E-state index in [1.165, 1.54) is 0 Å². The van der Waals surface area contributed by atoms with Crippen molar-refractivity contribution in [1.29, 1.82) is 0 Å². The summed E-state index contributed by atoms with van der Waals surface area (Å²) < 4.78 is 5.40. The molecule has 0 saturated heterocycles. The molecule has 4 unspecified atom stereocenters. The molecule has 2 aromatic rings. The number of nitrogens with one attached hydrogen (secondary N) is 2. The van der Waals surface area contributed by atoms with Gasteiger partial charge in [-0.25, -0.2) is 9.59 Å². The van der Waals surface area contributed by atoms with Gasteiger partial charge in [0.25, 0.3) is 0 Å². The van der Waals surface area contributed by atoms with Crippen LogP contribution in [-0.2, 0) is 27.2 Å². The first-order chi connectivity index (χ1) is 17.4. The molecular formula is C29H40N2O6. The molecule has 4 N–H and O–H groups in total. The Kier molecular flexibility index (Phi) is 11.1. The fourth-order valence-electron chi connectivity index (χ4n) is 4.03. The fourth-order valence-corrected chi connectivity index (χ4v) is 4.03. The summed E-state index contributed by atoms with van der Waals surface area (Å²) in [6.07, 6.45) is -1.13. The summed E-state index contributed by atoms with van der Waals surface area (Å²) in [5, 5.41) is 26.3. The molecule has 37 heavy (non-hydrogen) atoms. The molecule has 0 spiro atoms. The molecule has 0 aromatic heterocycles. The number of carbonyl (C=O) groups is 3. The molecule has 0 bridgehead atoms. The minimum atomic E-state index is -1.11. The van der Waals surface area contributed by atoms with Crippen LogP contribution in [0.3, 0.4) is 0 Å². The van der Waals surface area contributed by atoms with E-state index in [9.17, 15) is 24.6 Å². The van der Waals surface area contributed by atoms with Crippen molar-refractivity contribution in [3.05, 3.63) is 71.8 Å². The molecule has 0 aliphatic heterocycles. The average Bonchev–Trinajstić information content (AvgIpc) is 2.81. The number of ether oxygens (including phenoxy) is 1. The number of amides is 2. The molecule has 0 fully saturated rings. The zero-order chi connectivity index (χ0) is 27.6. The lowest BCUT2D eigenvalue weighted by Gasteiger charge is -2.29.